The Labute approximate surface area is 187 Å². The third-order valence-corrected chi connectivity index (χ3v) is 5.90. The second-order valence-electron chi connectivity index (χ2n) is 7.86. The van der Waals surface area contributed by atoms with Gasteiger partial charge >= 0.3 is 0 Å². The number of aromatic nitrogens is 4. The quantitative estimate of drug-likeness (QED) is 0.268. The van der Waals surface area contributed by atoms with Gasteiger partial charge in [-0.15, -0.1) is 0 Å². The molecule has 1 aliphatic rings. The fraction of sp³-hybridized carbons (Fsp3) is 0. The van der Waals surface area contributed by atoms with Crippen molar-refractivity contribution in [1.29, 1.82) is 0 Å². The maximum atomic E-state index is 10.1. The van der Waals surface area contributed by atoms with Crippen LogP contribution >= 0.6 is 11.6 Å². The van der Waals surface area contributed by atoms with Crippen molar-refractivity contribution in [3.8, 4) is 5.75 Å². The van der Waals surface area contributed by atoms with Gasteiger partial charge in [0.1, 0.15) is 5.75 Å². The minimum atomic E-state index is 0.162. The molecule has 1 aliphatic heterocycles. The van der Waals surface area contributed by atoms with Crippen molar-refractivity contribution in [2.75, 3.05) is 0 Å². The maximum Gasteiger partial charge on any atom is 0.116 e. The Hall–Kier alpha value is -4.09. The molecule has 0 unspecified atom stereocenters. The zero-order valence-electron chi connectivity index (χ0n) is 16.9. The molecule has 0 saturated carbocycles. The summed E-state index contributed by atoms with van der Waals surface area (Å²) in [4.78, 5) is 13.8. The average molecular weight is 439 g/mol. The van der Waals surface area contributed by atoms with Crippen LogP contribution in [0.15, 0.2) is 66.7 Å². The Morgan fingerprint density at radius 3 is 1.97 bits per heavy atom. The highest BCUT2D eigenvalue weighted by Gasteiger charge is 2.14. The third-order valence-electron chi connectivity index (χ3n) is 5.57. The van der Waals surface area contributed by atoms with E-state index in [1.165, 1.54) is 0 Å². The predicted molar refractivity (Wildman–Crippen MR) is 127 cm³/mol. The van der Waals surface area contributed by atoms with Crippen LogP contribution in [0.2, 0.25) is 5.02 Å². The molecule has 0 atom stereocenters. The molecule has 1 aromatic carbocycles. The Kier molecular flexibility index (Phi) is 4.23. The molecule has 0 spiro atoms. The van der Waals surface area contributed by atoms with E-state index in [1.54, 1.807) is 18.2 Å². The number of aromatic hydroxyl groups is 1. The van der Waals surface area contributed by atoms with Crippen molar-refractivity contribution in [3.63, 3.8) is 0 Å². The number of halogens is 1. The van der Waals surface area contributed by atoms with Crippen molar-refractivity contribution >= 4 is 35.4 Å². The first kappa shape index (κ1) is 18.7. The standard InChI is InChI=1S/C26H19ClN4O/c27-23-8-7-21(32)14-22(23)26-24-9-5-19(30-24)12-17-3-1-15(28-17)11-16-2-4-18(29-16)13-20-6-10-25(26)31-20/h1-14,28-32H. The lowest BCUT2D eigenvalue weighted by Gasteiger charge is -2.09. The Morgan fingerprint density at radius 2 is 1.22 bits per heavy atom. The summed E-state index contributed by atoms with van der Waals surface area (Å²) < 4.78 is 0. The summed E-state index contributed by atoms with van der Waals surface area (Å²) in [5.41, 5.74) is 5.48. The van der Waals surface area contributed by atoms with Gasteiger partial charge in [0.05, 0.1) is 0 Å². The number of phenolic OH excluding ortho intramolecular Hbond substituents is 1. The summed E-state index contributed by atoms with van der Waals surface area (Å²) in [5, 5.41) is 14.6. The van der Waals surface area contributed by atoms with Crippen LogP contribution in [0, 0.1) is 0 Å². The maximum absolute atomic E-state index is 10.1. The van der Waals surface area contributed by atoms with Gasteiger partial charge in [-0.1, -0.05) is 11.6 Å². The van der Waals surface area contributed by atoms with Gasteiger partial charge in [-0.2, -0.15) is 0 Å². The van der Waals surface area contributed by atoms with Gasteiger partial charge in [-0.3, -0.25) is 0 Å². The van der Waals surface area contributed by atoms with E-state index in [4.69, 9.17) is 11.6 Å². The van der Waals surface area contributed by atoms with Crippen molar-refractivity contribution in [1.82, 2.24) is 19.9 Å². The van der Waals surface area contributed by atoms with Gasteiger partial charge in [0.15, 0.2) is 0 Å². The molecule has 0 aliphatic carbocycles. The Bertz CT molecular complexity index is 1710. The molecule has 5 aromatic rings. The lowest BCUT2D eigenvalue weighted by Crippen LogP contribution is -2.15. The van der Waals surface area contributed by atoms with Crippen molar-refractivity contribution in [2.45, 2.75) is 0 Å². The number of H-pyrrole nitrogens is 4. The van der Waals surface area contributed by atoms with Crippen LogP contribution in [0.5, 0.6) is 5.75 Å². The summed E-state index contributed by atoms with van der Waals surface area (Å²) >= 11 is 6.57. The number of hydrogen-bond acceptors (Lipinski definition) is 1. The van der Waals surface area contributed by atoms with Crippen LogP contribution in [0.25, 0.3) is 23.8 Å². The minimum absolute atomic E-state index is 0.162. The van der Waals surface area contributed by atoms with Crippen LogP contribution < -0.4 is 21.4 Å². The Morgan fingerprint density at radius 1 is 0.594 bits per heavy atom. The van der Waals surface area contributed by atoms with E-state index in [9.17, 15) is 5.11 Å². The molecule has 156 valence electrons. The molecular formula is C26H19ClN4O. The second kappa shape index (κ2) is 7.25. The highest BCUT2D eigenvalue weighted by Crippen LogP contribution is 2.30. The van der Waals surface area contributed by atoms with Gasteiger partial charge in [0, 0.05) is 60.3 Å². The summed E-state index contributed by atoms with van der Waals surface area (Å²) in [6.45, 7) is 0. The van der Waals surface area contributed by atoms with Crippen LogP contribution in [-0.2, 0) is 0 Å². The second-order valence-corrected chi connectivity index (χ2v) is 8.27. The molecule has 5 N–H and O–H groups in total. The van der Waals surface area contributed by atoms with E-state index in [2.05, 4.69) is 50.3 Å². The zero-order valence-corrected chi connectivity index (χ0v) is 17.7. The molecular weight excluding hydrogens is 420 g/mol. The Balaban J connectivity index is 1.69. The molecule has 6 rings (SSSR count). The number of nitrogens with one attached hydrogen (secondary N) is 4. The molecule has 8 bridgehead atoms. The predicted octanol–water partition coefficient (Wildman–Crippen LogP) is 2.41. The SMILES string of the molecule is Oc1ccc(Cl)c(C2=c3ccc([nH]3)=Cc3ccc([nH]3)C=c3ccc([nH]3)=Cc3ccc2[nH]3)c1. The van der Waals surface area contributed by atoms with Gasteiger partial charge in [-0.25, -0.2) is 0 Å². The normalized spacial score (nSPS) is 12.7. The van der Waals surface area contributed by atoms with E-state index >= 15 is 0 Å². The van der Waals surface area contributed by atoms with Crippen molar-refractivity contribution in [3.05, 3.63) is 121 Å². The zero-order chi connectivity index (χ0) is 21.7. The molecule has 6 heteroatoms. The summed E-state index contributed by atoms with van der Waals surface area (Å²) in [7, 11) is 0. The van der Waals surface area contributed by atoms with Crippen LogP contribution in [-0.4, -0.2) is 25.0 Å². The van der Waals surface area contributed by atoms with E-state index < -0.39 is 0 Å². The summed E-state index contributed by atoms with van der Waals surface area (Å²) in [6.07, 6.45) is 6.20. The minimum Gasteiger partial charge on any atom is -0.508 e. The van der Waals surface area contributed by atoms with Gasteiger partial charge in [0.2, 0.25) is 0 Å². The van der Waals surface area contributed by atoms with Gasteiger partial charge in [0.25, 0.3) is 0 Å². The first-order valence-corrected chi connectivity index (χ1v) is 10.7. The number of rotatable bonds is 1. The molecule has 5 heterocycles. The van der Waals surface area contributed by atoms with Crippen LogP contribution in [0.1, 0.15) is 28.3 Å². The summed E-state index contributed by atoms with van der Waals surface area (Å²) in [6, 6.07) is 21.3. The number of phenols is 1. The monoisotopic (exact) mass is 438 g/mol. The molecule has 5 nitrogen and oxygen atoms in total. The number of fused-ring (bicyclic) bond motifs is 8. The molecule has 0 amide bonds. The van der Waals surface area contributed by atoms with E-state index in [0.29, 0.717) is 5.02 Å². The van der Waals surface area contributed by atoms with E-state index in [0.717, 1.165) is 55.3 Å². The molecule has 0 fully saturated rings. The third kappa shape index (κ3) is 3.39. The van der Waals surface area contributed by atoms with Crippen molar-refractivity contribution < 1.29 is 5.11 Å². The smallest absolute Gasteiger partial charge is 0.116 e. The largest absolute Gasteiger partial charge is 0.508 e. The number of hydrogen-bond donors (Lipinski definition) is 5. The molecule has 0 saturated heterocycles. The molecule has 32 heavy (non-hydrogen) atoms. The van der Waals surface area contributed by atoms with E-state index in [-0.39, 0.29) is 5.75 Å². The number of benzene rings is 1. The topological polar surface area (TPSA) is 83.4 Å². The number of aromatic amines is 4. The van der Waals surface area contributed by atoms with Crippen molar-refractivity contribution in [2.24, 2.45) is 0 Å². The van der Waals surface area contributed by atoms with Gasteiger partial charge in [-0.05, 0) is 85.0 Å². The summed E-state index contributed by atoms with van der Waals surface area (Å²) in [5.74, 6) is 0.162. The van der Waals surface area contributed by atoms with E-state index in [1.807, 2.05) is 36.4 Å². The first-order chi connectivity index (χ1) is 15.6. The van der Waals surface area contributed by atoms with Crippen LogP contribution in [0.4, 0.5) is 0 Å². The highest BCUT2D eigenvalue weighted by atomic mass is 35.5. The fourth-order valence-corrected chi connectivity index (χ4v) is 4.33. The molecule has 0 radical (unpaired) electrons. The van der Waals surface area contributed by atoms with Gasteiger partial charge < -0.3 is 25.0 Å². The fourth-order valence-electron chi connectivity index (χ4n) is 4.12. The first-order valence-electron chi connectivity index (χ1n) is 10.3. The lowest BCUT2D eigenvalue weighted by atomic mass is 10.0. The highest BCUT2D eigenvalue weighted by molar-refractivity contribution is 6.32. The average Bonchev–Trinajstić information content (AvgIpc) is 3.56. The van der Waals surface area contributed by atoms with Crippen LogP contribution in [0.3, 0.4) is 0 Å². The lowest BCUT2D eigenvalue weighted by molar-refractivity contribution is 0.475. The molecule has 4 aromatic heterocycles.